The fourth-order valence-corrected chi connectivity index (χ4v) is 1.87. The number of benzene rings is 1. The van der Waals surface area contributed by atoms with Gasteiger partial charge in [-0.2, -0.15) is 13.2 Å². The first-order valence-electron chi connectivity index (χ1n) is 5.72. The molecule has 100 valence electrons. The predicted molar refractivity (Wildman–Crippen MR) is 62.1 cm³/mol. The number of likely N-dealkylation sites (tertiary alicyclic amines) is 1. The summed E-state index contributed by atoms with van der Waals surface area (Å²) in [6.45, 7) is 1.80. The molecule has 0 radical (unpaired) electrons. The lowest BCUT2D eigenvalue weighted by Crippen LogP contribution is -2.21. The van der Waals surface area contributed by atoms with Crippen LogP contribution in [-0.4, -0.2) is 31.1 Å². The van der Waals surface area contributed by atoms with Gasteiger partial charge in [0.05, 0.1) is 17.4 Å². The molecule has 1 heterocycles. The quantitative estimate of drug-likeness (QED) is 0.846. The van der Waals surface area contributed by atoms with Crippen LogP contribution in [0.4, 0.5) is 18.9 Å². The van der Waals surface area contributed by atoms with Crippen LogP contribution in [0.3, 0.4) is 0 Å². The van der Waals surface area contributed by atoms with Gasteiger partial charge in [-0.25, -0.2) is 0 Å². The van der Waals surface area contributed by atoms with Crippen molar-refractivity contribution in [3.8, 4) is 0 Å². The molecule has 6 heteroatoms. The van der Waals surface area contributed by atoms with Crippen LogP contribution in [0.1, 0.15) is 12.0 Å². The number of anilines is 1. The lowest BCUT2D eigenvalue weighted by molar-refractivity contribution is -0.137. The zero-order valence-corrected chi connectivity index (χ0v) is 10.00. The van der Waals surface area contributed by atoms with Crippen molar-refractivity contribution in [3.05, 3.63) is 29.8 Å². The van der Waals surface area contributed by atoms with Gasteiger partial charge in [-0.1, -0.05) is 0 Å². The molecule has 1 N–H and O–H groups in total. The van der Waals surface area contributed by atoms with E-state index in [0.717, 1.165) is 31.6 Å². The Bertz CT molecular complexity index is 391. The van der Waals surface area contributed by atoms with Crippen molar-refractivity contribution in [1.29, 1.82) is 0 Å². The number of hydrogen-bond donors (Lipinski definition) is 1. The fraction of sp³-hybridized carbons (Fsp3) is 0.500. The molecule has 18 heavy (non-hydrogen) atoms. The van der Waals surface area contributed by atoms with Gasteiger partial charge in [0.15, 0.2) is 0 Å². The number of rotatable bonds is 3. The van der Waals surface area contributed by atoms with Crippen molar-refractivity contribution in [2.24, 2.45) is 0 Å². The van der Waals surface area contributed by atoms with Crippen LogP contribution >= 0.6 is 0 Å². The van der Waals surface area contributed by atoms with E-state index in [-0.39, 0.29) is 6.10 Å². The molecule has 1 aliphatic rings. The number of halogens is 3. The minimum absolute atomic E-state index is 0.0808. The van der Waals surface area contributed by atoms with Gasteiger partial charge in [0.2, 0.25) is 0 Å². The third-order valence-electron chi connectivity index (χ3n) is 2.90. The maximum absolute atomic E-state index is 12.3. The summed E-state index contributed by atoms with van der Waals surface area (Å²) in [7, 11) is 2.00. The average Bonchev–Trinajstić information content (AvgIpc) is 2.72. The summed E-state index contributed by atoms with van der Waals surface area (Å²) in [6.07, 6.45) is -3.30. The number of likely N-dealkylation sites (N-methyl/N-ethyl adjacent to an activating group) is 1. The van der Waals surface area contributed by atoms with Crippen LogP contribution in [0.25, 0.3) is 0 Å². The zero-order valence-electron chi connectivity index (χ0n) is 10.00. The third-order valence-corrected chi connectivity index (χ3v) is 2.90. The van der Waals surface area contributed by atoms with Crippen LogP contribution in [-0.2, 0) is 11.0 Å². The molecule has 0 bridgehead atoms. The molecule has 0 unspecified atom stereocenters. The Morgan fingerprint density at radius 1 is 1.28 bits per heavy atom. The van der Waals surface area contributed by atoms with E-state index in [9.17, 15) is 13.2 Å². The zero-order chi connectivity index (χ0) is 13.2. The smallest absolute Gasteiger partial charge is 0.304 e. The van der Waals surface area contributed by atoms with Crippen molar-refractivity contribution >= 4 is 5.69 Å². The van der Waals surface area contributed by atoms with Crippen LogP contribution in [0.2, 0.25) is 0 Å². The molecular weight excluding hydrogens is 245 g/mol. The van der Waals surface area contributed by atoms with E-state index in [4.69, 9.17) is 4.84 Å². The number of hydrogen-bond acceptors (Lipinski definition) is 3. The highest BCUT2D eigenvalue weighted by Crippen LogP contribution is 2.29. The molecule has 0 amide bonds. The summed E-state index contributed by atoms with van der Waals surface area (Å²) in [5.74, 6) is 0. The molecule has 1 fully saturated rings. The van der Waals surface area contributed by atoms with Gasteiger partial charge in [0, 0.05) is 13.1 Å². The molecule has 0 aliphatic carbocycles. The second-order valence-corrected chi connectivity index (χ2v) is 4.47. The van der Waals surface area contributed by atoms with E-state index in [2.05, 4.69) is 10.4 Å². The Kier molecular flexibility index (Phi) is 3.77. The van der Waals surface area contributed by atoms with Gasteiger partial charge in [-0.3, -0.25) is 10.3 Å². The van der Waals surface area contributed by atoms with Crippen molar-refractivity contribution in [2.75, 3.05) is 25.6 Å². The number of nitrogens with one attached hydrogen (secondary N) is 1. The molecule has 0 spiro atoms. The summed E-state index contributed by atoms with van der Waals surface area (Å²) in [6, 6.07) is 4.79. The highest BCUT2D eigenvalue weighted by Gasteiger charge is 2.30. The van der Waals surface area contributed by atoms with Crippen LogP contribution in [0, 0.1) is 0 Å². The molecule has 1 atom stereocenters. The Morgan fingerprint density at radius 3 is 2.44 bits per heavy atom. The Hall–Kier alpha value is -1.27. The first-order chi connectivity index (χ1) is 8.45. The molecular formula is C12H15F3N2O. The predicted octanol–water partition coefficient (Wildman–Crippen LogP) is 2.75. The van der Waals surface area contributed by atoms with Crippen LogP contribution in [0.15, 0.2) is 24.3 Å². The van der Waals surface area contributed by atoms with E-state index in [0.29, 0.717) is 5.69 Å². The van der Waals surface area contributed by atoms with E-state index in [1.165, 1.54) is 12.1 Å². The Morgan fingerprint density at radius 2 is 1.94 bits per heavy atom. The van der Waals surface area contributed by atoms with E-state index in [1.54, 1.807) is 0 Å². The first-order valence-corrected chi connectivity index (χ1v) is 5.72. The van der Waals surface area contributed by atoms with Crippen molar-refractivity contribution in [1.82, 2.24) is 4.90 Å². The van der Waals surface area contributed by atoms with E-state index >= 15 is 0 Å². The van der Waals surface area contributed by atoms with Crippen molar-refractivity contribution in [3.63, 3.8) is 0 Å². The average molecular weight is 260 g/mol. The molecule has 2 rings (SSSR count). The lowest BCUT2D eigenvalue weighted by Gasteiger charge is -2.14. The van der Waals surface area contributed by atoms with Crippen molar-refractivity contribution < 1.29 is 18.0 Å². The molecule has 1 saturated heterocycles. The monoisotopic (exact) mass is 260 g/mol. The summed E-state index contributed by atoms with van der Waals surface area (Å²) >= 11 is 0. The van der Waals surface area contributed by atoms with Gasteiger partial charge >= 0.3 is 6.18 Å². The van der Waals surface area contributed by atoms with Crippen LogP contribution < -0.4 is 5.48 Å². The van der Waals surface area contributed by atoms with E-state index in [1.807, 2.05) is 7.05 Å². The SMILES string of the molecule is CN1CC[C@@H](ONc2ccc(C(F)(F)F)cc2)C1. The second kappa shape index (κ2) is 5.16. The standard InChI is InChI=1S/C12H15F3N2O/c1-17-7-6-11(8-17)18-16-10-4-2-9(3-5-10)12(13,14)15/h2-5,11,16H,6-8H2,1H3/t11-/m1/s1. The van der Waals surface area contributed by atoms with Crippen LogP contribution in [0.5, 0.6) is 0 Å². The van der Waals surface area contributed by atoms with Gasteiger partial charge < -0.3 is 4.90 Å². The maximum Gasteiger partial charge on any atom is 0.416 e. The molecule has 1 aliphatic heterocycles. The van der Waals surface area contributed by atoms with Gasteiger partial charge in [0.25, 0.3) is 0 Å². The van der Waals surface area contributed by atoms with E-state index < -0.39 is 11.7 Å². The maximum atomic E-state index is 12.3. The third kappa shape index (κ3) is 3.36. The van der Waals surface area contributed by atoms with Crippen molar-refractivity contribution in [2.45, 2.75) is 18.7 Å². The summed E-state index contributed by atoms with van der Waals surface area (Å²) < 4.78 is 37.0. The summed E-state index contributed by atoms with van der Waals surface area (Å²) in [5.41, 5.74) is 2.56. The summed E-state index contributed by atoms with van der Waals surface area (Å²) in [4.78, 5) is 7.55. The minimum Gasteiger partial charge on any atom is -0.304 e. The molecule has 1 aromatic rings. The topological polar surface area (TPSA) is 24.5 Å². The van der Waals surface area contributed by atoms with Gasteiger partial charge in [-0.15, -0.1) is 0 Å². The van der Waals surface area contributed by atoms with Gasteiger partial charge in [0.1, 0.15) is 0 Å². The summed E-state index contributed by atoms with van der Waals surface area (Å²) in [5, 5.41) is 0. The number of nitrogens with zero attached hydrogens (tertiary/aromatic N) is 1. The second-order valence-electron chi connectivity index (χ2n) is 4.47. The van der Waals surface area contributed by atoms with Gasteiger partial charge in [-0.05, 0) is 37.7 Å². The molecule has 1 aromatic carbocycles. The molecule has 3 nitrogen and oxygen atoms in total. The largest absolute Gasteiger partial charge is 0.416 e. The highest BCUT2D eigenvalue weighted by atomic mass is 19.4. The first kappa shape index (κ1) is 13.2. The fourth-order valence-electron chi connectivity index (χ4n) is 1.87. The Balaban J connectivity index is 1.87. The highest BCUT2D eigenvalue weighted by molar-refractivity contribution is 5.43. The Labute approximate surface area is 103 Å². The lowest BCUT2D eigenvalue weighted by atomic mass is 10.2. The number of alkyl halides is 3. The normalized spacial score (nSPS) is 21.2. The molecule has 0 aromatic heterocycles. The molecule has 0 saturated carbocycles. The minimum atomic E-state index is -4.30.